The summed E-state index contributed by atoms with van der Waals surface area (Å²) >= 11 is 0. The third-order valence-corrected chi connectivity index (χ3v) is 2.39. The summed E-state index contributed by atoms with van der Waals surface area (Å²) in [6.45, 7) is 1.77. The second kappa shape index (κ2) is 5.60. The molecule has 0 saturated heterocycles. The highest BCUT2D eigenvalue weighted by Crippen LogP contribution is 2.24. The lowest BCUT2D eigenvalue weighted by Gasteiger charge is -2.23. The van der Waals surface area contributed by atoms with Gasteiger partial charge in [-0.05, 0) is 13.0 Å². The molecule has 1 atom stereocenters. The van der Waals surface area contributed by atoms with E-state index in [-0.39, 0.29) is 12.3 Å². The first-order valence-electron chi connectivity index (χ1n) is 5.23. The van der Waals surface area contributed by atoms with Crippen LogP contribution in [0.25, 0.3) is 0 Å². The summed E-state index contributed by atoms with van der Waals surface area (Å²) < 4.78 is 0. The molecule has 0 aliphatic rings. The maximum Gasteiger partial charge on any atom is 0.269 e. The first-order chi connectivity index (χ1) is 7.95. The topological polar surface area (TPSA) is 86.8 Å². The maximum absolute atomic E-state index is 10.6. The molecular formula is C11H16N2O4. The van der Waals surface area contributed by atoms with E-state index in [1.165, 1.54) is 12.1 Å². The van der Waals surface area contributed by atoms with Crippen LogP contribution in [0.1, 0.15) is 12.5 Å². The number of hydrogen-bond acceptors (Lipinski definition) is 5. The van der Waals surface area contributed by atoms with Gasteiger partial charge in [-0.1, -0.05) is 0 Å². The van der Waals surface area contributed by atoms with E-state index >= 15 is 0 Å². The largest absolute Gasteiger partial charge is 0.392 e. The van der Waals surface area contributed by atoms with Crippen LogP contribution in [0, 0.1) is 10.1 Å². The van der Waals surface area contributed by atoms with Crippen LogP contribution in [0.4, 0.5) is 11.4 Å². The zero-order valence-corrected chi connectivity index (χ0v) is 9.83. The summed E-state index contributed by atoms with van der Waals surface area (Å²) in [4.78, 5) is 11.8. The molecule has 0 heterocycles. The van der Waals surface area contributed by atoms with Gasteiger partial charge in [0.05, 0.1) is 17.6 Å². The Morgan fingerprint density at radius 3 is 2.65 bits per heavy atom. The number of anilines is 1. The minimum Gasteiger partial charge on any atom is -0.392 e. The van der Waals surface area contributed by atoms with E-state index in [4.69, 9.17) is 0 Å². The number of aliphatic hydroxyl groups is 2. The normalized spacial score (nSPS) is 12.2. The first kappa shape index (κ1) is 13.4. The number of nitrogens with zero attached hydrogens (tertiary/aromatic N) is 2. The molecule has 17 heavy (non-hydrogen) atoms. The molecule has 1 unspecified atom stereocenters. The quantitative estimate of drug-likeness (QED) is 0.590. The highest BCUT2D eigenvalue weighted by Gasteiger charge is 2.13. The number of non-ortho nitro benzene ring substituents is 1. The average Bonchev–Trinajstić information content (AvgIpc) is 2.27. The molecule has 0 aliphatic heterocycles. The van der Waals surface area contributed by atoms with Crippen molar-refractivity contribution in [1.82, 2.24) is 0 Å². The fourth-order valence-corrected chi connectivity index (χ4v) is 1.68. The Morgan fingerprint density at radius 2 is 2.18 bits per heavy atom. The molecule has 94 valence electrons. The predicted molar refractivity (Wildman–Crippen MR) is 64.0 cm³/mol. The molecular weight excluding hydrogens is 224 g/mol. The molecule has 0 bridgehead atoms. The number of nitro benzene ring substituents is 1. The van der Waals surface area contributed by atoms with Crippen LogP contribution >= 0.6 is 0 Å². The van der Waals surface area contributed by atoms with E-state index in [0.717, 1.165) is 0 Å². The van der Waals surface area contributed by atoms with Crippen LogP contribution in [-0.4, -0.2) is 34.8 Å². The summed E-state index contributed by atoms with van der Waals surface area (Å²) in [6.07, 6.45) is -0.512. The van der Waals surface area contributed by atoms with Gasteiger partial charge >= 0.3 is 0 Å². The van der Waals surface area contributed by atoms with Crippen molar-refractivity contribution in [3.05, 3.63) is 33.9 Å². The van der Waals surface area contributed by atoms with Crippen LogP contribution in [0.3, 0.4) is 0 Å². The Balaban J connectivity index is 3.03. The van der Waals surface area contributed by atoms with Gasteiger partial charge in [0.25, 0.3) is 5.69 Å². The zero-order valence-electron chi connectivity index (χ0n) is 9.83. The number of benzene rings is 1. The Kier molecular flexibility index (Phi) is 4.42. The van der Waals surface area contributed by atoms with Crippen LogP contribution in [0.5, 0.6) is 0 Å². The summed E-state index contributed by atoms with van der Waals surface area (Å²) in [5.74, 6) is 0. The summed E-state index contributed by atoms with van der Waals surface area (Å²) in [7, 11) is 1.76. The lowest BCUT2D eigenvalue weighted by molar-refractivity contribution is -0.384. The third-order valence-electron chi connectivity index (χ3n) is 2.39. The molecule has 2 N–H and O–H groups in total. The van der Waals surface area contributed by atoms with E-state index in [1.807, 2.05) is 0 Å². The predicted octanol–water partition coefficient (Wildman–Crippen LogP) is 0.904. The molecule has 0 radical (unpaired) electrons. The van der Waals surface area contributed by atoms with Gasteiger partial charge in [0.15, 0.2) is 0 Å². The van der Waals surface area contributed by atoms with Gasteiger partial charge in [-0.3, -0.25) is 10.1 Å². The number of hydrogen-bond donors (Lipinski definition) is 2. The molecule has 6 heteroatoms. The molecule has 0 aromatic heterocycles. The van der Waals surface area contributed by atoms with E-state index in [2.05, 4.69) is 0 Å². The van der Waals surface area contributed by atoms with Crippen molar-refractivity contribution in [2.24, 2.45) is 0 Å². The molecule has 1 aromatic rings. The second-order valence-electron chi connectivity index (χ2n) is 3.96. The van der Waals surface area contributed by atoms with Crippen molar-refractivity contribution < 1.29 is 15.1 Å². The first-order valence-corrected chi connectivity index (χ1v) is 5.23. The lowest BCUT2D eigenvalue weighted by atomic mass is 10.1. The van der Waals surface area contributed by atoms with E-state index in [1.54, 1.807) is 24.9 Å². The third kappa shape index (κ3) is 3.40. The summed E-state index contributed by atoms with van der Waals surface area (Å²) in [6, 6.07) is 4.30. The van der Waals surface area contributed by atoms with Gasteiger partial charge < -0.3 is 15.1 Å². The monoisotopic (exact) mass is 240 g/mol. The molecule has 0 amide bonds. The maximum atomic E-state index is 10.6. The van der Waals surface area contributed by atoms with E-state index < -0.39 is 11.0 Å². The summed E-state index contributed by atoms with van der Waals surface area (Å²) in [5.41, 5.74) is 1.10. The van der Waals surface area contributed by atoms with Crippen molar-refractivity contribution in [3.8, 4) is 0 Å². The number of nitro groups is 1. The van der Waals surface area contributed by atoms with Crippen molar-refractivity contribution in [3.63, 3.8) is 0 Å². The molecule has 0 fully saturated rings. The highest BCUT2D eigenvalue weighted by molar-refractivity contribution is 5.57. The van der Waals surface area contributed by atoms with Crippen molar-refractivity contribution >= 4 is 11.4 Å². The smallest absolute Gasteiger partial charge is 0.269 e. The van der Waals surface area contributed by atoms with E-state index in [9.17, 15) is 20.3 Å². The van der Waals surface area contributed by atoms with Crippen LogP contribution in [-0.2, 0) is 6.61 Å². The highest BCUT2D eigenvalue weighted by atomic mass is 16.6. The van der Waals surface area contributed by atoms with Crippen molar-refractivity contribution in [1.29, 1.82) is 0 Å². The minimum atomic E-state index is -0.512. The van der Waals surface area contributed by atoms with Crippen molar-refractivity contribution in [2.45, 2.75) is 19.6 Å². The van der Waals surface area contributed by atoms with Crippen LogP contribution in [0.15, 0.2) is 18.2 Å². The molecule has 6 nitrogen and oxygen atoms in total. The Bertz CT molecular complexity index is 406. The van der Waals surface area contributed by atoms with Gasteiger partial charge in [0, 0.05) is 37.0 Å². The summed E-state index contributed by atoms with van der Waals surface area (Å²) in [5, 5.41) is 29.1. The number of rotatable bonds is 5. The van der Waals surface area contributed by atoms with Gasteiger partial charge in [-0.25, -0.2) is 0 Å². The average molecular weight is 240 g/mol. The van der Waals surface area contributed by atoms with Gasteiger partial charge in [-0.15, -0.1) is 0 Å². The minimum absolute atomic E-state index is 0.0525. The van der Waals surface area contributed by atoms with Gasteiger partial charge in [-0.2, -0.15) is 0 Å². The SMILES string of the molecule is CC(O)CN(C)c1ccc([N+](=O)[O-])cc1CO. The second-order valence-corrected chi connectivity index (χ2v) is 3.96. The number of likely N-dealkylation sites (N-methyl/N-ethyl adjacent to an activating group) is 1. The van der Waals surface area contributed by atoms with Gasteiger partial charge in [0.2, 0.25) is 0 Å². The molecule has 0 spiro atoms. The fraction of sp³-hybridized carbons (Fsp3) is 0.455. The van der Waals surface area contributed by atoms with Crippen LogP contribution < -0.4 is 4.90 Å². The molecule has 0 saturated carbocycles. The molecule has 0 aliphatic carbocycles. The fourth-order valence-electron chi connectivity index (χ4n) is 1.68. The Morgan fingerprint density at radius 1 is 1.53 bits per heavy atom. The molecule has 1 aromatic carbocycles. The standard InChI is InChI=1S/C11H16N2O4/c1-8(15)6-12(2)11-4-3-10(13(16)17)5-9(11)7-14/h3-5,8,14-15H,6-7H2,1-2H3. The van der Waals surface area contributed by atoms with Gasteiger partial charge in [0.1, 0.15) is 0 Å². The Labute approximate surface area is 99.3 Å². The molecule has 1 rings (SSSR count). The Hall–Kier alpha value is -1.66. The number of aliphatic hydroxyl groups excluding tert-OH is 2. The zero-order chi connectivity index (χ0) is 13.0. The lowest BCUT2D eigenvalue weighted by Crippen LogP contribution is -2.27. The van der Waals surface area contributed by atoms with E-state index in [0.29, 0.717) is 17.8 Å². The van der Waals surface area contributed by atoms with Crippen molar-refractivity contribution in [2.75, 3.05) is 18.5 Å². The van der Waals surface area contributed by atoms with Crippen LogP contribution in [0.2, 0.25) is 0 Å².